The van der Waals surface area contributed by atoms with Crippen LogP contribution < -0.4 is 15.5 Å². The minimum Gasteiger partial charge on any atom is -0.374 e. The molecule has 2 N–H and O–H groups in total. The fraction of sp³-hybridized carbons (Fsp3) is 0.565. The summed E-state index contributed by atoms with van der Waals surface area (Å²) in [4.78, 5) is 63.2. The van der Waals surface area contributed by atoms with Crippen LogP contribution in [-0.4, -0.2) is 125 Å². The number of amides is 4. The number of para-hydroxylation sites is 1. The molecule has 5 aromatic rings. The van der Waals surface area contributed by atoms with Crippen LogP contribution in [-0.2, 0) is 32.6 Å². The molecule has 1 aliphatic carbocycles. The highest BCUT2D eigenvalue weighted by atomic mass is 19.3. The van der Waals surface area contributed by atoms with E-state index in [2.05, 4.69) is 41.6 Å². The number of morpholine rings is 1. The van der Waals surface area contributed by atoms with Crippen LogP contribution >= 0.6 is 0 Å². The second kappa shape index (κ2) is 16.9. The lowest BCUT2D eigenvalue weighted by atomic mass is 9.85. The largest absolute Gasteiger partial charge is 0.374 e. The minimum atomic E-state index is -2.87. The van der Waals surface area contributed by atoms with Gasteiger partial charge in [0.25, 0.3) is 12.3 Å². The highest BCUT2D eigenvalue weighted by Gasteiger charge is 2.43. The number of aromatic nitrogens is 7. The third-order valence-corrected chi connectivity index (χ3v) is 15.0. The quantitative estimate of drug-likeness (QED) is 0.163. The van der Waals surface area contributed by atoms with Gasteiger partial charge in [0.2, 0.25) is 17.7 Å². The van der Waals surface area contributed by atoms with Crippen molar-refractivity contribution in [1.82, 2.24) is 49.3 Å². The van der Waals surface area contributed by atoms with Crippen molar-refractivity contribution in [1.29, 1.82) is 0 Å². The number of halogens is 2. The lowest BCUT2D eigenvalue weighted by molar-refractivity contribution is -0.135. The van der Waals surface area contributed by atoms with Gasteiger partial charge in [-0.1, -0.05) is 18.2 Å². The molecule has 4 aromatic heterocycles. The minimum absolute atomic E-state index is 0.00739. The molecule has 5 saturated heterocycles. The van der Waals surface area contributed by atoms with Gasteiger partial charge in [0, 0.05) is 75.9 Å². The second-order valence-electron chi connectivity index (χ2n) is 19.0. The van der Waals surface area contributed by atoms with Gasteiger partial charge in [-0.05, 0) is 81.8 Å². The van der Waals surface area contributed by atoms with Crippen LogP contribution in [0.15, 0.2) is 42.9 Å². The molecule has 4 bridgehead atoms. The monoisotopic (exact) mass is 892 g/mol. The number of hydrogen-bond donors (Lipinski definition) is 2. The van der Waals surface area contributed by atoms with E-state index in [1.165, 1.54) is 10.7 Å². The molecule has 4 amide bonds. The van der Waals surface area contributed by atoms with Gasteiger partial charge in [-0.25, -0.2) is 18.3 Å². The second-order valence-corrected chi connectivity index (χ2v) is 19.0. The average molecular weight is 893 g/mol. The Bertz CT molecular complexity index is 2660. The predicted molar refractivity (Wildman–Crippen MR) is 233 cm³/mol. The maximum atomic E-state index is 14.4. The molecule has 0 radical (unpaired) electrons. The maximum absolute atomic E-state index is 14.4. The standard InChI is InChI=1S/C46H54F2N12O5/c1-55-42-27(4-2-6-33(42)40(53-55)34-14-15-38(61)52-45(34)63)5-3-7-39(62)56-21-29-12-13-30(22-56)57(29)20-26-8-10-28(11-9-26)60-24-36(41(54-60)43(47)48)50-46(64)35-19-49-59-17-16-37(51-44(35)59)58-23-32-18-31(58)25-65-32/h2,4,6,16-17,19,24,26,28-32,34,43H,3,5,7-15,18,20-23,25H2,1H3,(H,50,64)(H,52,61,63)/t26?,28?,29-,30+,31-,32-,34?/m1/s1. The Morgan fingerprint density at radius 1 is 0.969 bits per heavy atom. The van der Waals surface area contributed by atoms with Crippen molar-refractivity contribution < 1.29 is 32.7 Å². The zero-order valence-electron chi connectivity index (χ0n) is 36.5. The number of likely N-dealkylation sites (tertiary alicyclic amines) is 1. The molecule has 1 saturated carbocycles. The van der Waals surface area contributed by atoms with Crippen molar-refractivity contribution in [3.8, 4) is 0 Å². The zero-order valence-corrected chi connectivity index (χ0v) is 36.5. The maximum Gasteiger partial charge on any atom is 0.284 e. The third-order valence-electron chi connectivity index (χ3n) is 15.0. The van der Waals surface area contributed by atoms with Crippen LogP contribution in [0.1, 0.15) is 116 Å². The lowest BCUT2D eigenvalue weighted by Gasteiger charge is -2.43. The summed E-state index contributed by atoms with van der Waals surface area (Å²) in [6, 6.07) is 8.73. The Hall–Kier alpha value is -5.82. The van der Waals surface area contributed by atoms with Crippen LogP contribution in [0.3, 0.4) is 0 Å². The summed E-state index contributed by atoms with van der Waals surface area (Å²) < 4.78 is 39.4. The third kappa shape index (κ3) is 7.83. The van der Waals surface area contributed by atoms with E-state index in [4.69, 9.17) is 14.8 Å². The zero-order chi connectivity index (χ0) is 44.5. The van der Waals surface area contributed by atoms with Crippen molar-refractivity contribution in [2.24, 2.45) is 13.0 Å². The first-order chi connectivity index (χ1) is 31.5. The molecule has 6 aliphatic rings. The van der Waals surface area contributed by atoms with Crippen molar-refractivity contribution >= 4 is 51.7 Å². The number of piperazine rings is 1. The summed E-state index contributed by atoms with van der Waals surface area (Å²) in [5.41, 5.74) is 2.83. The van der Waals surface area contributed by atoms with Gasteiger partial charge in [-0.2, -0.15) is 15.3 Å². The molecule has 17 nitrogen and oxygen atoms in total. The summed E-state index contributed by atoms with van der Waals surface area (Å²) in [5.74, 6) is -0.205. The molecule has 5 atom stereocenters. The number of hydrogen-bond acceptors (Lipinski definition) is 11. The van der Waals surface area contributed by atoms with Gasteiger partial charge in [0.1, 0.15) is 11.4 Å². The number of alkyl halides is 2. The first-order valence-corrected chi connectivity index (χ1v) is 23.3. The molecule has 1 unspecified atom stereocenters. The van der Waals surface area contributed by atoms with Crippen molar-refractivity contribution in [2.75, 3.05) is 43.0 Å². The van der Waals surface area contributed by atoms with Crippen LogP contribution in [0.25, 0.3) is 16.6 Å². The SMILES string of the molecule is Cn1nc(C2CCC(=O)NC2=O)c2cccc(CCCC(=O)N3C[C@H]4CC[C@@H](C3)N4CC3CCC(n4cc(NC(=O)c5cnn6ccc(N7C[C@H]8C[C@@H]7CO8)nc56)c(C(F)F)n4)CC3)c21. The highest BCUT2D eigenvalue weighted by molar-refractivity contribution is 6.08. The lowest BCUT2D eigenvalue weighted by Crippen LogP contribution is -2.56. The molecule has 342 valence electrons. The number of nitrogens with zero attached hydrogens (tertiary/aromatic N) is 10. The molecule has 6 fully saturated rings. The Labute approximate surface area is 373 Å². The van der Waals surface area contributed by atoms with Crippen LogP contribution in [0.4, 0.5) is 20.3 Å². The van der Waals surface area contributed by atoms with Crippen molar-refractivity contribution in [3.63, 3.8) is 0 Å². The van der Waals surface area contributed by atoms with Crippen LogP contribution in [0.5, 0.6) is 0 Å². The molecule has 1 aromatic carbocycles. The Morgan fingerprint density at radius 3 is 2.51 bits per heavy atom. The van der Waals surface area contributed by atoms with Crippen molar-refractivity contribution in [2.45, 2.75) is 120 Å². The van der Waals surface area contributed by atoms with Gasteiger partial charge < -0.3 is 19.9 Å². The summed E-state index contributed by atoms with van der Waals surface area (Å²) in [5, 5.41) is 19.4. The summed E-state index contributed by atoms with van der Waals surface area (Å²) >= 11 is 0. The van der Waals surface area contributed by atoms with E-state index in [9.17, 15) is 28.0 Å². The van der Waals surface area contributed by atoms with Crippen molar-refractivity contribution in [3.05, 3.63) is 65.4 Å². The van der Waals surface area contributed by atoms with Gasteiger partial charge in [0.15, 0.2) is 11.3 Å². The number of carbonyl (C=O) groups excluding carboxylic acids is 4. The van der Waals surface area contributed by atoms with Crippen LogP contribution in [0.2, 0.25) is 0 Å². The number of ether oxygens (including phenoxy) is 1. The summed E-state index contributed by atoms with van der Waals surface area (Å²) in [6.07, 6.45) is 11.2. The fourth-order valence-corrected chi connectivity index (χ4v) is 11.7. The molecular formula is C46H54F2N12O5. The van der Waals surface area contributed by atoms with Gasteiger partial charge in [0.05, 0.1) is 53.8 Å². The Morgan fingerprint density at radius 2 is 1.77 bits per heavy atom. The number of aryl methyl sites for hydroxylation is 2. The molecule has 65 heavy (non-hydrogen) atoms. The number of benzene rings is 1. The fourth-order valence-electron chi connectivity index (χ4n) is 11.7. The molecular weight excluding hydrogens is 839 g/mol. The molecule has 5 aliphatic heterocycles. The number of rotatable bonds is 12. The normalized spacial score (nSPS) is 26.9. The van der Waals surface area contributed by atoms with E-state index < -0.39 is 23.9 Å². The Kier molecular flexibility index (Phi) is 10.9. The van der Waals surface area contributed by atoms with Gasteiger partial charge in [-0.15, -0.1) is 0 Å². The van der Waals surface area contributed by atoms with Gasteiger partial charge >= 0.3 is 0 Å². The van der Waals surface area contributed by atoms with E-state index in [0.717, 1.165) is 93.4 Å². The molecule has 9 heterocycles. The highest BCUT2D eigenvalue weighted by Crippen LogP contribution is 2.39. The topological polar surface area (TPSA) is 177 Å². The first-order valence-electron chi connectivity index (χ1n) is 23.3. The van der Waals surface area contributed by atoms with E-state index in [0.29, 0.717) is 68.1 Å². The number of fused-ring (bicyclic) bond motifs is 6. The number of anilines is 2. The summed E-state index contributed by atoms with van der Waals surface area (Å²) in [7, 11) is 1.88. The Balaban J connectivity index is 0.671. The van der Waals surface area contributed by atoms with E-state index >= 15 is 0 Å². The first kappa shape index (κ1) is 41.9. The number of piperidine rings is 1. The molecule has 19 heteroatoms. The summed E-state index contributed by atoms with van der Waals surface area (Å²) in [6.45, 7) is 3.81. The van der Waals surface area contributed by atoms with E-state index in [1.54, 1.807) is 17.1 Å². The van der Waals surface area contributed by atoms with Gasteiger partial charge in [-0.3, -0.25) is 38.8 Å². The molecule has 0 spiro atoms. The number of imide groups is 1. The number of carbonyl (C=O) groups is 4. The van der Waals surface area contributed by atoms with E-state index in [-0.39, 0.29) is 47.2 Å². The molecule has 11 rings (SSSR count). The van der Waals surface area contributed by atoms with E-state index in [1.807, 2.05) is 29.9 Å². The van der Waals surface area contributed by atoms with Crippen LogP contribution in [0, 0.1) is 5.92 Å². The predicted octanol–water partition coefficient (Wildman–Crippen LogP) is 4.93. The smallest absolute Gasteiger partial charge is 0.284 e. The number of nitrogens with one attached hydrogen (secondary N) is 2. The average Bonchev–Trinajstić information content (AvgIpc) is 4.17.